The molecule has 0 N–H and O–H groups in total. The lowest BCUT2D eigenvalue weighted by Crippen LogP contribution is -2.21. The van der Waals surface area contributed by atoms with E-state index in [1.165, 1.54) is 44.2 Å². The number of methoxy groups -OCH3 is 1. The van der Waals surface area contributed by atoms with Gasteiger partial charge in [0.1, 0.15) is 0 Å². The average molecular weight is 566 g/mol. The summed E-state index contributed by atoms with van der Waals surface area (Å²) in [7, 11) is 3.84. The summed E-state index contributed by atoms with van der Waals surface area (Å²) >= 11 is 0. The summed E-state index contributed by atoms with van der Waals surface area (Å²) in [5.41, 5.74) is 7.54. The van der Waals surface area contributed by atoms with E-state index in [-0.39, 0.29) is 24.0 Å². The fourth-order valence-corrected chi connectivity index (χ4v) is 4.65. The Kier molecular flexibility index (Phi) is 8.08. The molecule has 1 aromatic heterocycles. The summed E-state index contributed by atoms with van der Waals surface area (Å²) in [4.78, 5) is 2.28. The van der Waals surface area contributed by atoms with Crippen LogP contribution in [0.2, 0.25) is 0 Å². The van der Waals surface area contributed by atoms with Crippen molar-refractivity contribution in [3.8, 4) is 0 Å². The first kappa shape index (κ1) is 24.5. The molecule has 0 aliphatic carbocycles. The smallest absolute Gasteiger partial charge is 0.0701 e. The van der Waals surface area contributed by atoms with E-state index in [0.717, 1.165) is 13.1 Å². The zero-order chi connectivity index (χ0) is 22.6. The van der Waals surface area contributed by atoms with E-state index in [1.807, 2.05) is 0 Å². The van der Waals surface area contributed by atoms with Crippen LogP contribution < -0.4 is 4.90 Å². The molecule has 0 amide bonds. The van der Waals surface area contributed by atoms with Crippen LogP contribution in [0.25, 0.3) is 33.5 Å². The van der Waals surface area contributed by atoms with Crippen LogP contribution in [0, 0.1) is 0 Å². The van der Waals surface area contributed by atoms with Gasteiger partial charge >= 0.3 is 0 Å². The second-order valence-corrected chi connectivity index (χ2v) is 8.44. The number of benzene rings is 3. The lowest BCUT2D eigenvalue weighted by Gasteiger charge is -2.26. The maximum absolute atomic E-state index is 5.74. The van der Waals surface area contributed by atoms with Crippen molar-refractivity contribution in [1.82, 2.24) is 4.57 Å². The highest BCUT2D eigenvalue weighted by Crippen LogP contribution is 2.33. The van der Waals surface area contributed by atoms with E-state index in [2.05, 4.69) is 101 Å². The van der Waals surface area contributed by atoms with Gasteiger partial charge in [-0.25, -0.2) is 0 Å². The Hall–Kier alpha value is -2.61. The molecule has 5 heteroatoms. The van der Waals surface area contributed by atoms with Crippen LogP contribution in [0.15, 0.2) is 78.9 Å². The van der Waals surface area contributed by atoms with Crippen molar-refractivity contribution in [1.29, 1.82) is 0 Å². The monoisotopic (exact) mass is 566 g/mol. The minimum Gasteiger partial charge on any atom is -0.382 e. The van der Waals surface area contributed by atoms with Gasteiger partial charge in [-0.3, -0.25) is 0 Å². The normalized spacial score (nSPS) is 13.4. The van der Waals surface area contributed by atoms with Crippen molar-refractivity contribution in [2.24, 2.45) is 0 Å². The van der Waals surface area contributed by atoms with Gasteiger partial charge in [-0.15, -0.1) is 24.0 Å². The van der Waals surface area contributed by atoms with E-state index in [0.29, 0.717) is 19.8 Å². The van der Waals surface area contributed by atoms with Crippen LogP contribution in [0.1, 0.15) is 11.1 Å². The summed E-state index contributed by atoms with van der Waals surface area (Å²) in [6.07, 6.45) is 6.77. The number of aromatic nitrogens is 1. The standard InChI is InChI=1S/C29H30N2O2.HI/c1-30-16-15-23(24-7-3-5-9-27(24)30)13-11-22-12-14-29-26(21-22)25-8-4-6-10-28(25)31(29)17-18-33-20-19-32-2;/h3-15,21H,16-20H2,1-2H3;1H. The molecule has 34 heavy (non-hydrogen) atoms. The van der Waals surface area contributed by atoms with Crippen molar-refractivity contribution in [3.63, 3.8) is 0 Å². The third-order valence-corrected chi connectivity index (χ3v) is 6.35. The molecule has 2 heterocycles. The third kappa shape index (κ3) is 4.92. The Labute approximate surface area is 218 Å². The highest BCUT2D eigenvalue weighted by molar-refractivity contribution is 14.0. The molecule has 0 radical (unpaired) electrons. The molecule has 0 saturated heterocycles. The van der Waals surface area contributed by atoms with E-state index in [1.54, 1.807) is 7.11 Å². The lowest BCUT2D eigenvalue weighted by molar-refractivity contribution is 0.0673. The van der Waals surface area contributed by atoms with Gasteiger partial charge in [0.05, 0.1) is 19.8 Å². The van der Waals surface area contributed by atoms with Gasteiger partial charge in [0.2, 0.25) is 0 Å². The van der Waals surface area contributed by atoms with Crippen LogP contribution in [0.3, 0.4) is 0 Å². The second kappa shape index (κ2) is 11.2. The van der Waals surface area contributed by atoms with E-state index in [9.17, 15) is 0 Å². The van der Waals surface area contributed by atoms with Gasteiger partial charge in [0.25, 0.3) is 0 Å². The molecule has 1 aliphatic rings. The number of rotatable bonds is 8. The number of allylic oxidation sites excluding steroid dienone is 2. The van der Waals surface area contributed by atoms with Crippen molar-refractivity contribution in [3.05, 3.63) is 90.0 Å². The first-order chi connectivity index (χ1) is 16.3. The van der Waals surface area contributed by atoms with Gasteiger partial charge < -0.3 is 18.9 Å². The minimum absolute atomic E-state index is 0. The van der Waals surface area contributed by atoms with E-state index < -0.39 is 0 Å². The summed E-state index contributed by atoms with van der Waals surface area (Å²) in [6.45, 7) is 3.66. The fraction of sp³-hybridized carbons (Fsp3) is 0.241. The Balaban J connectivity index is 0.00000274. The molecular weight excluding hydrogens is 535 g/mol. The molecule has 3 aromatic carbocycles. The molecule has 176 valence electrons. The molecule has 0 spiro atoms. The Morgan fingerprint density at radius 2 is 1.65 bits per heavy atom. The molecule has 0 unspecified atom stereocenters. The predicted octanol–water partition coefficient (Wildman–Crippen LogP) is 6.62. The first-order valence-corrected chi connectivity index (χ1v) is 11.5. The lowest BCUT2D eigenvalue weighted by atomic mass is 9.98. The topological polar surface area (TPSA) is 26.6 Å². The number of nitrogens with zero attached hydrogens (tertiary/aromatic N) is 2. The molecule has 1 aliphatic heterocycles. The Morgan fingerprint density at radius 1 is 0.853 bits per heavy atom. The minimum atomic E-state index is 0. The number of fused-ring (bicyclic) bond motifs is 4. The SMILES string of the molecule is COCCOCCn1c2ccccc2c2cc(C=CC3=CCN(C)c4ccccc43)ccc21.I. The molecule has 0 fully saturated rings. The maximum atomic E-state index is 5.74. The highest BCUT2D eigenvalue weighted by Gasteiger charge is 2.14. The van der Waals surface area contributed by atoms with Crippen LogP contribution >= 0.6 is 24.0 Å². The zero-order valence-corrected chi connectivity index (χ0v) is 22.1. The molecule has 0 bridgehead atoms. The number of hydrogen-bond acceptors (Lipinski definition) is 3. The summed E-state index contributed by atoms with van der Waals surface area (Å²) in [5, 5.41) is 2.56. The number of ether oxygens (including phenoxy) is 2. The molecule has 0 saturated carbocycles. The van der Waals surface area contributed by atoms with Crippen LogP contribution in [-0.4, -0.2) is 45.1 Å². The Bertz CT molecular complexity index is 1340. The second-order valence-electron chi connectivity index (χ2n) is 8.44. The largest absolute Gasteiger partial charge is 0.382 e. The maximum Gasteiger partial charge on any atom is 0.0701 e. The van der Waals surface area contributed by atoms with Gasteiger partial charge in [-0.1, -0.05) is 60.7 Å². The van der Waals surface area contributed by atoms with E-state index >= 15 is 0 Å². The molecule has 5 rings (SSSR count). The average Bonchev–Trinajstić information content (AvgIpc) is 3.17. The summed E-state index contributed by atoms with van der Waals surface area (Å²) in [6, 6.07) is 24.0. The summed E-state index contributed by atoms with van der Waals surface area (Å²) < 4.78 is 13.2. The van der Waals surface area contributed by atoms with Crippen molar-refractivity contribution in [2.45, 2.75) is 6.54 Å². The first-order valence-electron chi connectivity index (χ1n) is 11.5. The van der Waals surface area contributed by atoms with Gasteiger partial charge in [-0.05, 0) is 35.4 Å². The fourth-order valence-electron chi connectivity index (χ4n) is 4.65. The van der Waals surface area contributed by atoms with Crippen LogP contribution in [0.5, 0.6) is 0 Å². The predicted molar refractivity (Wildman–Crippen MR) is 154 cm³/mol. The summed E-state index contributed by atoms with van der Waals surface area (Å²) in [5.74, 6) is 0. The van der Waals surface area contributed by atoms with Gasteiger partial charge in [-0.2, -0.15) is 0 Å². The number of halogens is 1. The van der Waals surface area contributed by atoms with E-state index in [4.69, 9.17) is 9.47 Å². The Morgan fingerprint density at radius 3 is 2.53 bits per heavy atom. The number of likely N-dealkylation sites (N-methyl/N-ethyl adjacent to an activating group) is 1. The van der Waals surface area contributed by atoms with Gasteiger partial charge in [0, 0.05) is 60.3 Å². The molecule has 4 aromatic rings. The zero-order valence-electron chi connectivity index (χ0n) is 19.7. The molecular formula is C29H31IN2O2. The van der Waals surface area contributed by atoms with Crippen molar-refractivity contribution < 1.29 is 9.47 Å². The third-order valence-electron chi connectivity index (χ3n) is 6.35. The van der Waals surface area contributed by atoms with Gasteiger partial charge in [0.15, 0.2) is 0 Å². The molecule has 4 nitrogen and oxygen atoms in total. The van der Waals surface area contributed by atoms with Crippen molar-refractivity contribution in [2.75, 3.05) is 45.4 Å². The number of hydrogen-bond donors (Lipinski definition) is 0. The quantitative estimate of drug-likeness (QED) is 0.177. The molecule has 0 atom stereocenters. The number of para-hydroxylation sites is 2. The highest BCUT2D eigenvalue weighted by atomic mass is 127. The van der Waals surface area contributed by atoms with Crippen LogP contribution in [0.4, 0.5) is 5.69 Å². The van der Waals surface area contributed by atoms with Crippen molar-refractivity contribution >= 4 is 63.1 Å². The number of anilines is 1. The van der Waals surface area contributed by atoms with Crippen LogP contribution in [-0.2, 0) is 16.0 Å².